The molecule has 7 heteroatoms. The summed E-state index contributed by atoms with van der Waals surface area (Å²) in [7, 11) is 3.61. The summed E-state index contributed by atoms with van der Waals surface area (Å²) >= 11 is 0. The number of aliphatic imine (C=N–C) groups is 1. The van der Waals surface area contributed by atoms with Crippen LogP contribution < -0.4 is 10.6 Å². The zero-order chi connectivity index (χ0) is 17.5. The van der Waals surface area contributed by atoms with Crippen LogP contribution in [0.1, 0.15) is 26.3 Å². The quantitative estimate of drug-likeness (QED) is 0.314. The van der Waals surface area contributed by atoms with Crippen LogP contribution in [0, 0.1) is 11.2 Å². The lowest BCUT2D eigenvalue weighted by Crippen LogP contribution is -2.43. The maximum absolute atomic E-state index is 12.9. The molecule has 0 aliphatic heterocycles. The average Bonchev–Trinajstić information content (AvgIpc) is 2.48. The van der Waals surface area contributed by atoms with Gasteiger partial charge in [-0.15, -0.1) is 24.0 Å². The van der Waals surface area contributed by atoms with Crippen molar-refractivity contribution in [1.82, 2.24) is 15.5 Å². The van der Waals surface area contributed by atoms with Crippen LogP contribution in [0.2, 0.25) is 0 Å². The van der Waals surface area contributed by atoms with Crippen molar-refractivity contribution in [3.8, 4) is 0 Å². The minimum Gasteiger partial charge on any atom is -0.354 e. The lowest BCUT2D eigenvalue weighted by atomic mass is 9.96. The third-order valence-electron chi connectivity index (χ3n) is 3.28. The first kappa shape index (κ1) is 22.6. The van der Waals surface area contributed by atoms with Gasteiger partial charge in [-0.1, -0.05) is 32.9 Å². The van der Waals surface area contributed by atoms with E-state index >= 15 is 0 Å². The summed E-state index contributed by atoms with van der Waals surface area (Å²) in [5.41, 5.74) is 0.610. The summed E-state index contributed by atoms with van der Waals surface area (Å²) in [5.74, 6) is 0.502. The maximum atomic E-state index is 12.9. The molecule has 1 aromatic rings. The predicted octanol–water partition coefficient (Wildman–Crippen LogP) is 2.61. The Hall–Kier alpha value is -1.38. The van der Waals surface area contributed by atoms with Crippen molar-refractivity contribution in [2.75, 3.05) is 27.2 Å². The number of nitrogens with zero attached hydrogens (tertiary/aromatic N) is 2. The molecule has 0 unspecified atom stereocenters. The zero-order valence-corrected chi connectivity index (χ0v) is 17.3. The van der Waals surface area contributed by atoms with Crippen LogP contribution in [0.15, 0.2) is 29.3 Å². The van der Waals surface area contributed by atoms with Gasteiger partial charge < -0.3 is 15.5 Å². The third-order valence-corrected chi connectivity index (χ3v) is 3.28. The third kappa shape index (κ3) is 7.94. The van der Waals surface area contributed by atoms with Gasteiger partial charge in [0.05, 0.1) is 0 Å². The highest BCUT2D eigenvalue weighted by atomic mass is 127. The molecule has 0 bridgehead atoms. The maximum Gasteiger partial charge on any atom is 0.225 e. The molecule has 0 radical (unpaired) electrons. The molecule has 0 aromatic heterocycles. The number of halogens is 2. The van der Waals surface area contributed by atoms with E-state index in [1.807, 2.05) is 32.7 Å². The number of nitrogens with one attached hydrogen (secondary N) is 2. The van der Waals surface area contributed by atoms with Crippen molar-refractivity contribution < 1.29 is 9.18 Å². The van der Waals surface area contributed by atoms with Gasteiger partial charge in [-0.2, -0.15) is 0 Å². The second kappa shape index (κ2) is 10.5. The SMILES string of the molecule is CN=C(NCCNC(=O)C(C)(C)C)N(C)Cc1ccc(F)cc1.I. The van der Waals surface area contributed by atoms with Gasteiger partial charge in [-0.05, 0) is 17.7 Å². The Kier molecular flexibility index (Phi) is 9.88. The van der Waals surface area contributed by atoms with Gasteiger partial charge in [0, 0.05) is 39.1 Å². The molecule has 0 aliphatic carbocycles. The van der Waals surface area contributed by atoms with Gasteiger partial charge in [-0.3, -0.25) is 9.79 Å². The summed E-state index contributed by atoms with van der Waals surface area (Å²) in [6.45, 7) is 7.37. The standard InChI is InChI=1S/C17H27FN4O.HI/c1-17(2,3)15(23)20-10-11-21-16(19-4)22(5)12-13-6-8-14(18)9-7-13;/h6-9H,10-12H2,1-5H3,(H,19,21)(H,20,23);1H. The molecule has 1 rings (SSSR count). The van der Waals surface area contributed by atoms with E-state index < -0.39 is 0 Å². The monoisotopic (exact) mass is 450 g/mol. The molecule has 24 heavy (non-hydrogen) atoms. The molecule has 136 valence electrons. The molecule has 0 atom stereocenters. The van der Waals surface area contributed by atoms with Crippen LogP contribution in [0.5, 0.6) is 0 Å². The van der Waals surface area contributed by atoms with Gasteiger partial charge in [-0.25, -0.2) is 4.39 Å². The molecular formula is C17H28FIN4O. The highest BCUT2D eigenvalue weighted by Gasteiger charge is 2.20. The Morgan fingerprint density at radius 1 is 1.17 bits per heavy atom. The Balaban J connectivity index is 0.00000529. The topological polar surface area (TPSA) is 56.7 Å². The van der Waals surface area contributed by atoms with Gasteiger partial charge in [0.1, 0.15) is 5.82 Å². The fraction of sp³-hybridized carbons (Fsp3) is 0.529. The molecule has 2 N–H and O–H groups in total. The smallest absolute Gasteiger partial charge is 0.225 e. The summed E-state index contributed by atoms with van der Waals surface area (Å²) in [4.78, 5) is 17.9. The molecule has 0 heterocycles. The highest BCUT2D eigenvalue weighted by molar-refractivity contribution is 14.0. The van der Waals surface area contributed by atoms with Crippen molar-refractivity contribution >= 4 is 35.8 Å². The van der Waals surface area contributed by atoms with E-state index in [0.717, 1.165) is 11.5 Å². The van der Waals surface area contributed by atoms with Crippen LogP contribution in [0.4, 0.5) is 4.39 Å². The molecule has 1 amide bonds. The van der Waals surface area contributed by atoms with Crippen LogP contribution in [-0.4, -0.2) is 44.0 Å². The molecule has 5 nitrogen and oxygen atoms in total. The number of hydrogen-bond acceptors (Lipinski definition) is 2. The number of hydrogen-bond donors (Lipinski definition) is 2. The predicted molar refractivity (Wildman–Crippen MR) is 107 cm³/mol. The average molecular weight is 450 g/mol. The highest BCUT2D eigenvalue weighted by Crippen LogP contribution is 2.11. The molecule has 0 saturated heterocycles. The first-order valence-electron chi connectivity index (χ1n) is 7.68. The molecule has 0 aliphatic rings. The lowest BCUT2D eigenvalue weighted by Gasteiger charge is -2.23. The largest absolute Gasteiger partial charge is 0.354 e. The van der Waals surface area contributed by atoms with Crippen molar-refractivity contribution in [3.05, 3.63) is 35.6 Å². The van der Waals surface area contributed by atoms with Crippen molar-refractivity contribution in [2.45, 2.75) is 27.3 Å². The number of carbonyl (C=O) groups is 1. The number of amides is 1. The molecule has 0 spiro atoms. The van der Waals surface area contributed by atoms with Gasteiger partial charge >= 0.3 is 0 Å². The number of guanidine groups is 1. The van der Waals surface area contributed by atoms with Crippen LogP contribution in [0.3, 0.4) is 0 Å². The summed E-state index contributed by atoms with van der Waals surface area (Å²) in [6, 6.07) is 6.40. The molecule has 1 aromatic carbocycles. The van der Waals surface area contributed by atoms with Gasteiger partial charge in [0.25, 0.3) is 0 Å². The molecule has 0 saturated carbocycles. The minimum absolute atomic E-state index is 0. The van der Waals surface area contributed by atoms with E-state index in [2.05, 4.69) is 15.6 Å². The van der Waals surface area contributed by atoms with Crippen molar-refractivity contribution in [3.63, 3.8) is 0 Å². The second-order valence-electron chi connectivity index (χ2n) is 6.46. The van der Waals surface area contributed by atoms with Gasteiger partial charge in [0.2, 0.25) is 5.91 Å². The fourth-order valence-electron chi connectivity index (χ4n) is 1.94. The zero-order valence-electron chi connectivity index (χ0n) is 15.0. The van der Waals surface area contributed by atoms with E-state index in [1.165, 1.54) is 12.1 Å². The van der Waals surface area contributed by atoms with Crippen LogP contribution in [-0.2, 0) is 11.3 Å². The first-order valence-corrected chi connectivity index (χ1v) is 7.68. The summed E-state index contributed by atoms with van der Waals surface area (Å²) in [5, 5.41) is 6.08. The Labute approximate surface area is 161 Å². The minimum atomic E-state index is -0.388. The number of rotatable bonds is 5. The van der Waals surface area contributed by atoms with E-state index in [0.29, 0.717) is 19.6 Å². The Bertz CT molecular complexity index is 541. The second-order valence-corrected chi connectivity index (χ2v) is 6.46. The molecule has 0 fully saturated rings. The summed E-state index contributed by atoms with van der Waals surface area (Å²) in [6.07, 6.45) is 0. The summed E-state index contributed by atoms with van der Waals surface area (Å²) < 4.78 is 12.9. The lowest BCUT2D eigenvalue weighted by molar-refractivity contribution is -0.128. The van der Waals surface area contributed by atoms with E-state index in [-0.39, 0.29) is 41.1 Å². The van der Waals surface area contributed by atoms with Gasteiger partial charge in [0.15, 0.2) is 5.96 Å². The van der Waals surface area contributed by atoms with Crippen molar-refractivity contribution in [2.24, 2.45) is 10.4 Å². The molecular weight excluding hydrogens is 422 g/mol. The van der Waals surface area contributed by atoms with Crippen LogP contribution >= 0.6 is 24.0 Å². The Morgan fingerprint density at radius 3 is 2.21 bits per heavy atom. The fourth-order valence-corrected chi connectivity index (χ4v) is 1.94. The van der Waals surface area contributed by atoms with Crippen molar-refractivity contribution in [1.29, 1.82) is 0 Å². The first-order chi connectivity index (χ1) is 10.7. The normalized spacial score (nSPS) is 11.5. The van der Waals surface area contributed by atoms with E-state index in [9.17, 15) is 9.18 Å². The number of carbonyl (C=O) groups excluding carboxylic acids is 1. The number of benzene rings is 1. The van der Waals surface area contributed by atoms with Crippen LogP contribution in [0.25, 0.3) is 0 Å². The van der Waals surface area contributed by atoms with E-state index in [4.69, 9.17) is 0 Å². The Morgan fingerprint density at radius 2 is 1.71 bits per heavy atom. The van der Waals surface area contributed by atoms with E-state index in [1.54, 1.807) is 19.2 Å².